The summed E-state index contributed by atoms with van der Waals surface area (Å²) in [4.78, 5) is 7.61. The van der Waals surface area contributed by atoms with Crippen molar-refractivity contribution < 1.29 is 8.42 Å². The molecule has 2 rings (SSSR count). The maximum absolute atomic E-state index is 12.2. The first-order chi connectivity index (χ1) is 8.14. The molecule has 0 bridgehead atoms. The smallest absolute Gasteiger partial charge is 0.278 e. The molecule has 0 aliphatic carbocycles. The highest BCUT2D eigenvalue weighted by molar-refractivity contribution is 7.88. The van der Waals surface area contributed by atoms with Crippen molar-refractivity contribution in [2.45, 2.75) is 18.0 Å². The number of hydrogen-bond acceptors (Lipinski definition) is 5. The fraction of sp³-hybridized carbons (Fsp3) is 0.600. The molecule has 2 heterocycles. The zero-order valence-electron chi connectivity index (χ0n) is 9.49. The van der Waals surface area contributed by atoms with Crippen molar-refractivity contribution in [3.63, 3.8) is 0 Å². The normalized spacial score (nSPS) is 22.5. The predicted molar refractivity (Wildman–Crippen MR) is 62.6 cm³/mol. The number of sulfonamides is 1. The Morgan fingerprint density at radius 3 is 2.76 bits per heavy atom. The molecule has 6 nitrogen and oxygen atoms in total. The number of nitrogens with two attached hydrogens (primary N) is 1. The quantitative estimate of drug-likeness (QED) is 0.759. The minimum Gasteiger partial charge on any atom is -0.330 e. The molecule has 1 aliphatic rings. The molecule has 0 spiro atoms. The highest BCUT2D eigenvalue weighted by Gasteiger charge is 2.31. The Hall–Kier alpha value is -1.05. The van der Waals surface area contributed by atoms with Gasteiger partial charge in [-0.3, -0.25) is 0 Å². The van der Waals surface area contributed by atoms with Gasteiger partial charge in [0.05, 0.1) is 0 Å². The van der Waals surface area contributed by atoms with E-state index in [1.165, 1.54) is 16.7 Å². The van der Waals surface area contributed by atoms with Gasteiger partial charge in [-0.25, -0.2) is 18.4 Å². The lowest BCUT2D eigenvalue weighted by atomic mass is 10.0. The van der Waals surface area contributed by atoms with E-state index in [4.69, 9.17) is 5.73 Å². The summed E-state index contributed by atoms with van der Waals surface area (Å²) < 4.78 is 25.9. The molecule has 17 heavy (non-hydrogen) atoms. The molecular formula is C10H16N4O2S. The molecule has 1 aromatic heterocycles. The average Bonchev–Trinajstić information content (AvgIpc) is 2.40. The van der Waals surface area contributed by atoms with Crippen LogP contribution in [0.1, 0.15) is 12.8 Å². The number of rotatable bonds is 3. The van der Waals surface area contributed by atoms with Gasteiger partial charge in [-0.15, -0.1) is 0 Å². The van der Waals surface area contributed by atoms with E-state index >= 15 is 0 Å². The molecule has 0 aromatic carbocycles. The van der Waals surface area contributed by atoms with Crippen molar-refractivity contribution in [3.05, 3.63) is 18.5 Å². The van der Waals surface area contributed by atoms with Crippen LogP contribution in [0.3, 0.4) is 0 Å². The van der Waals surface area contributed by atoms with Gasteiger partial charge in [0.1, 0.15) is 0 Å². The fourth-order valence-electron chi connectivity index (χ4n) is 1.97. The third-order valence-electron chi connectivity index (χ3n) is 2.93. The van der Waals surface area contributed by atoms with Crippen molar-refractivity contribution in [1.82, 2.24) is 14.3 Å². The van der Waals surface area contributed by atoms with Crippen LogP contribution in [0.25, 0.3) is 0 Å². The Labute approximate surface area is 101 Å². The van der Waals surface area contributed by atoms with E-state index in [1.54, 1.807) is 6.07 Å². The molecule has 2 N–H and O–H groups in total. The molecule has 94 valence electrons. The van der Waals surface area contributed by atoms with Crippen LogP contribution < -0.4 is 5.73 Å². The topological polar surface area (TPSA) is 89.2 Å². The Morgan fingerprint density at radius 2 is 2.12 bits per heavy atom. The van der Waals surface area contributed by atoms with Gasteiger partial charge < -0.3 is 5.73 Å². The van der Waals surface area contributed by atoms with Crippen LogP contribution >= 0.6 is 0 Å². The van der Waals surface area contributed by atoms with Crippen LogP contribution in [0.4, 0.5) is 0 Å². The third-order valence-corrected chi connectivity index (χ3v) is 4.61. The van der Waals surface area contributed by atoms with E-state index in [0.717, 1.165) is 12.8 Å². The van der Waals surface area contributed by atoms with Crippen molar-refractivity contribution in [1.29, 1.82) is 0 Å². The van der Waals surface area contributed by atoms with Gasteiger partial charge in [0.15, 0.2) is 0 Å². The molecule has 7 heteroatoms. The zero-order chi connectivity index (χ0) is 12.3. The Bertz CT molecular complexity index is 462. The molecule has 1 saturated heterocycles. The van der Waals surface area contributed by atoms with Gasteiger partial charge in [0, 0.05) is 25.5 Å². The van der Waals surface area contributed by atoms with E-state index in [0.29, 0.717) is 19.6 Å². The van der Waals surface area contributed by atoms with Gasteiger partial charge in [-0.1, -0.05) is 0 Å². The van der Waals surface area contributed by atoms with Gasteiger partial charge in [-0.2, -0.15) is 4.31 Å². The standard InChI is InChI=1S/C10H16N4O2S/c11-7-9-3-1-6-14(8-9)17(15,16)10-12-4-2-5-13-10/h2,4-5,9H,1,3,6-8,11H2. The summed E-state index contributed by atoms with van der Waals surface area (Å²) in [6.45, 7) is 1.51. The number of aromatic nitrogens is 2. The van der Waals surface area contributed by atoms with Crippen molar-refractivity contribution in [3.8, 4) is 0 Å². The Kier molecular flexibility index (Phi) is 3.70. The first-order valence-corrected chi connectivity index (χ1v) is 7.06. The van der Waals surface area contributed by atoms with E-state index in [9.17, 15) is 8.42 Å². The molecule has 1 aliphatic heterocycles. The lowest BCUT2D eigenvalue weighted by molar-refractivity contribution is 0.270. The maximum Gasteiger partial charge on any atom is 0.278 e. The Balaban J connectivity index is 2.21. The molecule has 1 unspecified atom stereocenters. The first kappa shape index (κ1) is 12.4. The summed E-state index contributed by atoms with van der Waals surface area (Å²) in [6.07, 6.45) is 4.70. The highest BCUT2D eigenvalue weighted by atomic mass is 32.2. The number of nitrogens with zero attached hydrogens (tertiary/aromatic N) is 3. The second-order valence-electron chi connectivity index (χ2n) is 4.14. The first-order valence-electron chi connectivity index (χ1n) is 5.62. The van der Waals surface area contributed by atoms with Crippen molar-refractivity contribution >= 4 is 10.0 Å². The van der Waals surface area contributed by atoms with E-state index < -0.39 is 10.0 Å². The lowest BCUT2D eigenvalue weighted by Gasteiger charge is -2.30. The maximum atomic E-state index is 12.2. The van der Waals surface area contributed by atoms with Crippen LogP contribution in [0, 0.1) is 5.92 Å². The van der Waals surface area contributed by atoms with E-state index in [1.807, 2.05) is 0 Å². The Morgan fingerprint density at radius 1 is 1.41 bits per heavy atom. The second kappa shape index (κ2) is 5.07. The molecule has 1 atom stereocenters. The van der Waals surface area contributed by atoms with E-state index in [2.05, 4.69) is 9.97 Å². The van der Waals surface area contributed by atoms with Crippen molar-refractivity contribution in [2.75, 3.05) is 19.6 Å². The van der Waals surface area contributed by atoms with Gasteiger partial charge in [0.2, 0.25) is 0 Å². The van der Waals surface area contributed by atoms with Crippen LogP contribution in [0.5, 0.6) is 0 Å². The molecule has 1 aromatic rings. The average molecular weight is 256 g/mol. The van der Waals surface area contributed by atoms with Crippen LogP contribution in [-0.2, 0) is 10.0 Å². The number of piperidine rings is 1. The van der Waals surface area contributed by atoms with Crippen LogP contribution in [0.15, 0.2) is 23.6 Å². The second-order valence-corrected chi connectivity index (χ2v) is 5.97. The predicted octanol–water partition coefficient (Wildman–Crippen LogP) is -0.164. The zero-order valence-corrected chi connectivity index (χ0v) is 10.3. The van der Waals surface area contributed by atoms with E-state index in [-0.39, 0.29) is 11.1 Å². The minimum absolute atomic E-state index is 0.127. The molecule has 0 saturated carbocycles. The van der Waals surface area contributed by atoms with Gasteiger partial charge in [0.25, 0.3) is 15.2 Å². The lowest BCUT2D eigenvalue weighted by Crippen LogP contribution is -2.42. The summed E-state index contributed by atoms with van der Waals surface area (Å²) in [5.41, 5.74) is 5.59. The molecule has 1 fully saturated rings. The SMILES string of the molecule is NCC1CCCN(S(=O)(=O)c2ncccn2)C1. The molecule has 0 radical (unpaired) electrons. The van der Waals surface area contributed by atoms with Crippen LogP contribution in [0.2, 0.25) is 0 Å². The summed E-state index contributed by atoms with van der Waals surface area (Å²) in [5.74, 6) is 0.238. The van der Waals surface area contributed by atoms with Gasteiger partial charge >= 0.3 is 0 Å². The summed E-state index contributed by atoms with van der Waals surface area (Å²) >= 11 is 0. The summed E-state index contributed by atoms with van der Waals surface area (Å²) in [7, 11) is -3.55. The van der Waals surface area contributed by atoms with Crippen LogP contribution in [-0.4, -0.2) is 42.3 Å². The van der Waals surface area contributed by atoms with Gasteiger partial charge in [-0.05, 0) is 31.4 Å². The minimum atomic E-state index is -3.55. The summed E-state index contributed by atoms with van der Waals surface area (Å²) in [6, 6.07) is 1.60. The highest BCUT2D eigenvalue weighted by Crippen LogP contribution is 2.20. The molecular weight excluding hydrogens is 240 g/mol. The van der Waals surface area contributed by atoms with Crippen molar-refractivity contribution in [2.24, 2.45) is 11.7 Å². The largest absolute Gasteiger partial charge is 0.330 e. The number of hydrogen-bond donors (Lipinski definition) is 1. The third kappa shape index (κ3) is 2.62. The monoisotopic (exact) mass is 256 g/mol. The summed E-state index contributed by atoms with van der Waals surface area (Å²) in [5, 5.41) is -0.127. The molecule has 0 amide bonds. The fourth-order valence-corrected chi connectivity index (χ4v) is 3.37.